The van der Waals surface area contributed by atoms with E-state index in [0.717, 1.165) is 16.6 Å². The number of hydrogen-bond donors (Lipinski definition) is 2. The Balaban J connectivity index is 2.63. The van der Waals surface area contributed by atoms with Crippen LogP contribution in [0.2, 0.25) is 0 Å². The van der Waals surface area contributed by atoms with Crippen LogP contribution in [-0.4, -0.2) is 10.1 Å². The second kappa shape index (κ2) is 3.27. The van der Waals surface area contributed by atoms with E-state index >= 15 is 0 Å². The lowest BCUT2D eigenvalue weighted by Crippen LogP contribution is -2.06. The molecule has 0 fully saturated rings. The number of rotatable bonds is 1. The van der Waals surface area contributed by atoms with Gasteiger partial charge in [0.15, 0.2) is 0 Å². The minimum atomic E-state index is -0.0817. The van der Waals surface area contributed by atoms with Crippen molar-refractivity contribution in [1.82, 2.24) is 4.98 Å². The molecule has 0 amide bonds. The van der Waals surface area contributed by atoms with E-state index < -0.39 is 0 Å². The van der Waals surface area contributed by atoms with Crippen LogP contribution in [0.3, 0.4) is 0 Å². The number of fused-ring (bicyclic) bond motifs is 1. The molecule has 14 heavy (non-hydrogen) atoms. The lowest BCUT2D eigenvalue weighted by molar-refractivity contribution is 0.476. The van der Waals surface area contributed by atoms with E-state index in [-0.39, 0.29) is 11.8 Å². The molecule has 1 aromatic carbocycles. The number of pyridine rings is 1. The molecule has 0 spiro atoms. The van der Waals surface area contributed by atoms with Crippen molar-refractivity contribution >= 4 is 10.9 Å². The maximum Gasteiger partial charge on any atom is 0.117 e. The summed E-state index contributed by atoms with van der Waals surface area (Å²) in [5.41, 5.74) is 7.33. The third-order valence-electron chi connectivity index (χ3n) is 2.16. The van der Waals surface area contributed by atoms with E-state index in [1.807, 2.05) is 25.1 Å². The van der Waals surface area contributed by atoms with E-state index in [4.69, 9.17) is 5.73 Å². The number of nitrogens with two attached hydrogens (primary N) is 1. The molecule has 0 aliphatic carbocycles. The Hall–Kier alpha value is -1.61. The van der Waals surface area contributed by atoms with Crippen molar-refractivity contribution < 1.29 is 5.11 Å². The molecule has 2 aromatic rings. The summed E-state index contributed by atoms with van der Waals surface area (Å²) >= 11 is 0. The quantitative estimate of drug-likeness (QED) is 0.719. The van der Waals surface area contributed by atoms with E-state index in [1.54, 1.807) is 12.1 Å². The highest BCUT2D eigenvalue weighted by atomic mass is 16.3. The molecule has 0 aliphatic rings. The first kappa shape index (κ1) is 8.97. The third kappa shape index (κ3) is 1.54. The Labute approximate surface area is 82.2 Å². The SMILES string of the molecule is C[C@H](N)c1ccc2ccc(O)cc2n1. The molecule has 1 aromatic heterocycles. The minimum Gasteiger partial charge on any atom is -0.508 e. The van der Waals surface area contributed by atoms with Crippen LogP contribution in [0.25, 0.3) is 10.9 Å². The van der Waals surface area contributed by atoms with Gasteiger partial charge in [0.1, 0.15) is 5.75 Å². The summed E-state index contributed by atoms with van der Waals surface area (Å²) in [6.45, 7) is 1.89. The molecule has 0 aliphatic heterocycles. The molecule has 0 saturated heterocycles. The van der Waals surface area contributed by atoms with Crippen LogP contribution in [0, 0.1) is 0 Å². The lowest BCUT2D eigenvalue weighted by atomic mass is 10.1. The van der Waals surface area contributed by atoms with E-state index in [0.29, 0.717) is 0 Å². The zero-order valence-electron chi connectivity index (χ0n) is 7.94. The fourth-order valence-electron chi connectivity index (χ4n) is 1.37. The van der Waals surface area contributed by atoms with Gasteiger partial charge in [0.25, 0.3) is 0 Å². The second-order valence-corrected chi connectivity index (χ2v) is 3.40. The molecule has 72 valence electrons. The molecule has 0 bridgehead atoms. The van der Waals surface area contributed by atoms with E-state index in [2.05, 4.69) is 4.98 Å². The molecule has 3 heteroatoms. The zero-order chi connectivity index (χ0) is 10.1. The summed E-state index contributed by atoms with van der Waals surface area (Å²) in [5.74, 6) is 0.229. The van der Waals surface area contributed by atoms with Gasteiger partial charge in [0.05, 0.1) is 11.2 Å². The molecule has 0 unspecified atom stereocenters. The van der Waals surface area contributed by atoms with Crippen LogP contribution in [0.1, 0.15) is 18.7 Å². The first-order valence-corrected chi connectivity index (χ1v) is 4.52. The van der Waals surface area contributed by atoms with Crippen molar-refractivity contribution in [2.24, 2.45) is 5.73 Å². The highest BCUT2D eigenvalue weighted by Gasteiger charge is 2.02. The van der Waals surface area contributed by atoms with Crippen LogP contribution >= 0.6 is 0 Å². The highest BCUT2D eigenvalue weighted by molar-refractivity contribution is 5.80. The Morgan fingerprint density at radius 1 is 1.29 bits per heavy atom. The van der Waals surface area contributed by atoms with Crippen LogP contribution < -0.4 is 5.73 Å². The summed E-state index contributed by atoms with van der Waals surface area (Å²) in [5, 5.41) is 10.3. The van der Waals surface area contributed by atoms with Crippen molar-refractivity contribution in [3.05, 3.63) is 36.0 Å². The van der Waals surface area contributed by atoms with Crippen molar-refractivity contribution in [1.29, 1.82) is 0 Å². The summed E-state index contributed by atoms with van der Waals surface area (Å²) < 4.78 is 0. The number of phenolic OH excluding ortho intramolecular Hbond substituents is 1. The van der Waals surface area contributed by atoms with Gasteiger partial charge in [-0.15, -0.1) is 0 Å². The van der Waals surface area contributed by atoms with Crippen LogP contribution in [0.5, 0.6) is 5.75 Å². The van der Waals surface area contributed by atoms with Gasteiger partial charge in [0, 0.05) is 17.5 Å². The van der Waals surface area contributed by atoms with Gasteiger partial charge < -0.3 is 10.8 Å². The van der Waals surface area contributed by atoms with Crippen molar-refractivity contribution in [2.75, 3.05) is 0 Å². The average Bonchev–Trinajstić information content (AvgIpc) is 2.16. The largest absolute Gasteiger partial charge is 0.508 e. The first-order valence-electron chi connectivity index (χ1n) is 4.52. The van der Waals surface area contributed by atoms with Gasteiger partial charge in [-0.1, -0.05) is 6.07 Å². The topological polar surface area (TPSA) is 59.1 Å². The maximum absolute atomic E-state index is 9.29. The second-order valence-electron chi connectivity index (χ2n) is 3.40. The normalized spacial score (nSPS) is 13.0. The Bertz CT molecular complexity index is 466. The molecule has 1 heterocycles. The Morgan fingerprint density at radius 2 is 2.00 bits per heavy atom. The monoisotopic (exact) mass is 188 g/mol. The number of benzene rings is 1. The van der Waals surface area contributed by atoms with Crippen molar-refractivity contribution in [2.45, 2.75) is 13.0 Å². The van der Waals surface area contributed by atoms with Gasteiger partial charge in [0.2, 0.25) is 0 Å². The van der Waals surface area contributed by atoms with Gasteiger partial charge in [-0.2, -0.15) is 0 Å². The minimum absolute atomic E-state index is 0.0817. The standard InChI is InChI=1S/C11H12N2O/c1-7(12)10-5-3-8-2-4-9(14)6-11(8)13-10/h2-7,14H,12H2,1H3/t7-/m0/s1. The fourth-order valence-corrected chi connectivity index (χ4v) is 1.37. The molecule has 3 N–H and O–H groups in total. The van der Waals surface area contributed by atoms with E-state index in [1.165, 1.54) is 0 Å². The fraction of sp³-hybridized carbons (Fsp3) is 0.182. The molecule has 0 radical (unpaired) electrons. The molecular formula is C11H12N2O. The number of hydrogen-bond acceptors (Lipinski definition) is 3. The number of phenols is 1. The Morgan fingerprint density at radius 3 is 2.71 bits per heavy atom. The van der Waals surface area contributed by atoms with Crippen LogP contribution in [0.15, 0.2) is 30.3 Å². The highest BCUT2D eigenvalue weighted by Crippen LogP contribution is 2.19. The summed E-state index contributed by atoms with van der Waals surface area (Å²) in [6, 6.07) is 8.91. The summed E-state index contributed by atoms with van der Waals surface area (Å²) in [4.78, 5) is 4.35. The zero-order valence-corrected chi connectivity index (χ0v) is 7.94. The predicted molar refractivity (Wildman–Crippen MR) is 56.0 cm³/mol. The number of nitrogens with zero attached hydrogens (tertiary/aromatic N) is 1. The average molecular weight is 188 g/mol. The lowest BCUT2D eigenvalue weighted by Gasteiger charge is -2.05. The maximum atomic E-state index is 9.29. The number of aromatic nitrogens is 1. The molecule has 1 atom stereocenters. The molecular weight excluding hydrogens is 176 g/mol. The molecule has 3 nitrogen and oxygen atoms in total. The van der Waals surface area contributed by atoms with Crippen LogP contribution in [0.4, 0.5) is 0 Å². The molecule has 2 rings (SSSR count). The van der Waals surface area contributed by atoms with Gasteiger partial charge in [-0.3, -0.25) is 4.98 Å². The number of aromatic hydroxyl groups is 1. The van der Waals surface area contributed by atoms with Crippen molar-refractivity contribution in [3.8, 4) is 5.75 Å². The van der Waals surface area contributed by atoms with E-state index in [9.17, 15) is 5.11 Å². The van der Waals surface area contributed by atoms with Crippen LogP contribution in [-0.2, 0) is 0 Å². The predicted octanol–water partition coefficient (Wildman–Crippen LogP) is 1.96. The van der Waals surface area contributed by atoms with Crippen molar-refractivity contribution in [3.63, 3.8) is 0 Å². The Kier molecular flexibility index (Phi) is 2.09. The molecule has 0 saturated carbocycles. The first-order chi connectivity index (χ1) is 6.66. The summed E-state index contributed by atoms with van der Waals surface area (Å²) in [7, 11) is 0. The van der Waals surface area contributed by atoms with Gasteiger partial charge >= 0.3 is 0 Å². The van der Waals surface area contributed by atoms with Gasteiger partial charge in [-0.25, -0.2) is 0 Å². The van der Waals surface area contributed by atoms with Gasteiger partial charge in [-0.05, 0) is 25.1 Å². The third-order valence-corrected chi connectivity index (χ3v) is 2.16. The summed E-state index contributed by atoms with van der Waals surface area (Å²) in [6.07, 6.45) is 0. The smallest absolute Gasteiger partial charge is 0.117 e.